The lowest BCUT2D eigenvalue weighted by atomic mass is 10.3. The predicted molar refractivity (Wildman–Crippen MR) is 54.8 cm³/mol. The molecule has 0 aromatic carbocycles. The fourth-order valence-electron chi connectivity index (χ4n) is 1.69. The van der Waals surface area contributed by atoms with Crippen LogP contribution in [-0.4, -0.2) is 48.6 Å². The maximum absolute atomic E-state index is 12.1. The first-order chi connectivity index (χ1) is 7.12. The first-order valence-corrected chi connectivity index (χ1v) is 6.28. The third-order valence-electron chi connectivity index (χ3n) is 2.52. The highest BCUT2D eigenvalue weighted by Gasteiger charge is 2.31. The Hall–Kier alpha value is -0.920. The first-order valence-electron chi connectivity index (χ1n) is 4.83. The van der Waals surface area contributed by atoms with Crippen LogP contribution >= 0.6 is 0 Å². The van der Waals surface area contributed by atoms with Gasteiger partial charge in [0.1, 0.15) is 4.90 Å². The van der Waals surface area contributed by atoms with Crippen LogP contribution in [0.1, 0.15) is 6.92 Å². The fraction of sp³-hybridized carbons (Fsp3) is 0.625. The molecule has 6 nitrogen and oxygen atoms in total. The summed E-state index contributed by atoms with van der Waals surface area (Å²) in [5, 5.41) is 9.33. The van der Waals surface area contributed by atoms with Crippen LogP contribution in [0.3, 0.4) is 0 Å². The van der Waals surface area contributed by atoms with E-state index in [0.29, 0.717) is 19.6 Å². The molecule has 0 bridgehead atoms. The Morgan fingerprint density at radius 1 is 1.60 bits per heavy atom. The molecule has 7 heteroatoms. The number of nitrogens with zero attached hydrogens (tertiary/aromatic N) is 2. The van der Waals surface area contributed by atoms with Gasteiger partial charge in [-0.1, -0.05) is 0 Å². The fourth-order valence-corrected chi connectivity index (χ4v) is 3.23. The van der Waals surface area contributed by atoms with E-state index in [0.717, 1.165) is 0 Å². The third-order valence-corrected chi connectivity index (χ3v) is 4.50. The Morgan fingerprint density at radius 3 is 3.00 bits per heavy atom. The molecular formula is C8H14N4O2S. The van der Waals surface area contributed by atoms with E-state index >= 15 is 0 Å². The van der Waals surface area contributed by atoms with Crippen LogP contribution in [-0.2, 0) is 10.0 Å². The summed E-state index contributed by atoms with van der Waals surface area (Å²) in [6, 6.07) is -0.0151. The molecule has 1 saturated heterocycles. The molecule has 0 aliphatic carbocycles. The van der Waals surface area contributed by atoms with Crippen LogP contribution in [0.25, 0.3) is 0 Å². The molecule has 15 heavy (non-hydrogen) atoms. The molecule has 1 fully saturated rings. The van der Waals surface area contributed by atoms with E-state index in [1.165, 1.54) is 16.7 Å². The average Bonchev–Trinajstić information content (AvgIpc) is 2.71. The largest absolute Gasteiger partial charge is 0.314 e. The van der Waals surface area contributed by atoms with Crippen molar-refractivity contribution in [2.24, 2.45) is 0 Å². The molecule has 84 valence electrons. The zero-order chi connectivity index (χ0) is 10.9. The van der Waals surface area contributed by atoms with Gasteiger partial charge in [0.25, 0.3) is 0 Å². The molecular weight excluding hydrogens is 216 g/mol. The van der Waals surface area contributed by atoms with E-state index in [1.807, 2.05) is 6.92 Å². The van der Waals surface area contributed by atoms with Gasteiger partial charge < -0.3 is 5.32 Å². The molecule has 1 aromatic heterocycles. The summed E-state index contributed by atoms with van der Waals surface area (Å²) >= 11 is 0. The number of aromatic amines is 1. The lowest BCUT2D eigenvalue weighted by Gasteiger charge is -2.32. The number of sulfonamides is 1. The zero-order valence-electron chi connectivity index (χ0n) is 8.47. The summed E-state index contributed by atoms with van der Waals surface area (Å²) in [7, 11) is -3.37. The Balaban J connectivity index is 2.29. The van der Waals surface area contributed by atoms with Gasteiger partial charge in [0.15, 0.2) is 0 Å². The lowest BCUT2D eigenvalue weighted by Crippen LogP contribution is -2.52. The zero-order valence-corrected chi connectivity index (χ0v) is 9.29. The molecule has 1 aromatic rings. The molecule has 0 spiro atoms. The molecule has 0 unspecified atom stereocenters. The number of piperazine rings is 1. The molecule has 0 radical (unpaired) electrons. The van der Waals surface area contributed by atoms with E-state index in [4.69, 9.17) is 0 Å². The summed E-state index contributed by atoms with van der Waals surface area (Å²) in [6.45, 7) is 3.79. The molecule has 2 heterocycles. The number of hydrogen-bond donors (Lipinski definition) is 2. The highest BCUT2D eigenvalue weighted by Crippen LogP contribution is 2.17. The summed E-state index contributed by atoms with van der Waals surface area (Å²) in [6.07, 6.45) is 2.74. The quantitative estimate of drug-likeness (QED) is 0.710. The molecule has 0 amide bonds. The van der Waals surface area contributed by atoms with Crippen LogP contribution in [0.2, 0.25) is 0 Å². The molecule has 2 rings (SSSR count). The highest BCUT2D eigenvalue weighted by molar-refractivity contribution is 7.89. The minimum atomic E-state index is -3.37. The van der Waals surface area contributed by atoms with Gasteiger partial charge in [0.05, 0.1) is 6.20 Å². The van der Waals surface area contributed by atoms with Crippen molar-refractivity contribution >= 4 is 10.0 Å². The highest BCUT2D eigenvalue weighted by atomic mass is 32.2. The monoisotopic (exact) mass is 230 g/mol. The normalized spacial score (nSPS) is 24.2. The predicted octanol–water partition coefficient (Wildman–Crippen LogP) is -0.608. The van der Waals surface area contributed by atoms with Crippen LogP contribution in [0.5, 0.6) is 0 Å². The van der Waals surface area contributed by atoms with E-state index in [2.05, 4.69) is 15.5 Å². The summed E-state index contributed by atoms with van der Waals surface area (Å²) in [5.74, 6) is 0. The topological polar surface area (TPSA) is 78.1 Å². The molecule has 0 saturated carbocycles. The SMILES string of the molecule is C[C@H]1CNCCN1S(=O)(=O)c1cn[nH]c1. The molecule has 2 N–H and O–H groups in total. The summed E-state index contributed by atoms with van der Waals surface area (Å²) in [5.41, 5.74) is 0. The maximum atomic E-state index is 12.1. The van der Waals surface area contributed by atoms with Gasteiger partial charge in [-0.25, -0.2) is 8.42 Å². The Morgan fingerprint density at radius 2 is 2.40 bits per heavy atom. The number of nitrogens with one attached hydrogen (secondary N) is 2. The van der Waals surface area contributed by atoms with Crippen molar-refractivity contribution in [3.63, 3.8) is 0 Å². The van der Waals surface area contributed by atoms with Gasteiger partial charge in [-0.15, -0.1) is 0 Å². The number of H-pyrrole nitrogens is 1. The van der Waals surface area contributed by atoms with Gasteiger partial charge in [0.2, 0.25) is 10.0 Å². The van der Waals surface area contributed by atoms with Gasteiger partial charge >= 0.3 is 0 Å². The van der Waals surface area contributed by atoms with E-state index in [1.54, 1.807) is 0 Å². The Bertz CT molecular complexity index is 414. The first kappa shape index (κ1) is 10.6. The summed E-state index contributed by atoms with van der Waals surface area (Å²) in [4.78, 5) is 0.233. The molecule has 1 atom stereocenters. The van der Waals surface area contributed by atoms with Crippen molar-refractivity contribution in [2.45, 2.75) is 17.9 Å². The lowest BCUT2D eigenvalue weighted by molar-refractivity contribution is 0.284. The van der Waals surface area contributed by atoms with Crippen molar-refractivity contribution in [3.8, 4) is 0 Å². The van der Waals surface area contributed by atoms with Crippen LogP contribution in [0.4, 0.5) is 0 Å². The van der Waals surface area contributed by atoms with E-state index in [-0.39, 0.29) is 10.9 Å². The van der Waals surface area contributed by atoms with Gasteiger partial charge in [-0.2, -0.15) is 9.40 Å². The van der Waals surface area contributed by atoms with Crippen molar-refractivity contribution in [1.29, 1.82) is 0 Å². The van der Waals surface area contributed by atoms with E-state index in [9.17, 15) is 8.42 Å². The minimum Gasteiger partial charge on any atom is -0.314 e. The maximum Gasteiger partial charge on any atom is 0.246 e. The number of aromatic nitrogens is 2. The van der Waals surface area contributed by atoms with Crippen molar-refractivity contribution in [2.75, 3.05) is 19.6 Å². The second-order valence-corrected chi connectivity index (χ2v) is 5.49. The molecule has 1 aliphatic heterocycles. The van der Waals surface area contributed by atoms with Crippen molar-refractivity contribution < 1.29 is 8.42 Å². The van der Waals surface area contributed by atoms with Crippen LogP contribution in [0, 0.1) is 0 Å². The second-order valence-electron chi connectivity index (χ2n) is 3.60. The second kappa shape index (κ2) is 3.92. The van der Waals surface area contributed by atoms with Gasteiger partial charge in [-0.3, -0.25) is 5.10 Å². The summed E-state index contributed by atoms with van der Waals surface area (Å²) < 4.78 is 25.7. The third kappa shape index (κ3) is 1.90. The van der Waals surface area contributed by atoms with Gasteiger partial charge in [0, 0.05) is 31.9 Å². The minimum absolute atomic E-state index is 0.0151. The van der Waals surface area contributed by atoms with Crippen LogP contribution in [0.15, 0.2) is 17.3 Å². The van der Waals surface area contributed by atoms with Crippen molar-refractivity contribution in [3.05, 3.63) is 12.4 Å². The van der Waals surface area contributed by atoms with E-state index < -0.39 is 10.0 Å². The van der Waals surface area contributed by atoms with Crippen LogP contribution < -0.4 is 5.32 Å². The average molecular weight is 230 g/mol. The molecule has 1 aliphatic rings. The number of hydrogen-bond acceptors (Lipinski definition) is 4. The van der Waals surface area contributed by atoms with Crippen molar-refractivity contribution in [1.82, 2.24) is 19.8 Å². The standard InChI is InChI=1S/C8H14N4O2S/c1-7-4-9-2-3-12(7)15(13,14)8-5-10-11-6-8/h5-7,9H,2-4H2,1H3,(H,10,11)/t7-/m0/s1. The van der Waals surface area contributed by atoms with Gasteiger partial charge in [-0.05, 0) is 6.92 Å². The number of rotatable bonds is 2. The Labute approximate surface area is 88.7 Å². The Kier molecular flexibility index (Phi) is 2.76. The smallest absolute Gasteiger partial charge is 0.246 e.